The van der Waals surface area contributed by atoms with E-state index in [9.17, 15) is 34.8 Å². The highest BCUT2D eigenvalue weighted by Crippen LogP contribution is 2.39. The molecule has 0 aromatic heterocycles. The maximum Gasteiger partial charge on any atom is 0.308 e. The van der Waals surface area contributed by atoms with Crippen molar-refractivity contribution in [2.45, 2.75) is 192 Å². The lowest BCUT2D eigenvalue weighted by Crippen LogP contribution is -2.65. The van der Waals surface area contributed by atoms with Crippen molar-refractivity contribution in [2.75, 3.05) is 34.9 Å². The summed E-state index contributed by atoms with van der Waals surface area (Å²) in [5.41, 5.74) is -0.351. The summed E-state index contributed by atoms with van der Waals surface area (Å²) in [5, 5.41) is 45.6. The second-order valence-electron chi connectivity index (χ2n) is 19.1. The van der Waals surface area contributed by atoms with Crippen LogP contribution in [0.15, 0.2) is 23.8 Å². The SMILES string of the molecule is CC[C@H]1OC(=O)C[C@@H](O)[C@H](C)[C@@H](O[C@@H]2OC(C)[C@@H](O[C@H]3CC(C)(O)[C@@H](C)C(C)O3)C(N(C)C)C2O)[C@@H](CC=O)C[C@@H](C)C(=O)/C=C/C(C)=C/[C@@H]1CO[C@@H]1OC(C)[C@@H](O)[C@H](OC)C1OC. The fourth-order valence-corrected chi connectivity index (χ4v) is 9.62. The molecule has 0 aliphatic carbocycles. The van der Waals surface area contributed by atoms with Gasteiger partial charge in [0.15, 0.2) is 24.7 Å². The number of rotatable bonds is 13. The number of ether oxygens (including phenoxy) is 9. The molecule has 0 saturated carbocycles. The average Bonchev–Trinajstić information content (AvgIpc) is 3.23. The normalized spacial score (nSPS) is 45.9. The molecule has 17 nitrogen and oxygen atoms in total. The molecule has 368 valence electrons. The number of ketones is 1. The molecular formula is C47H79NO16. The number of aldehydes is 1. The summed E-state index contributed by atoms with van der Waals surface area (Å²) in [7, 11) is 6.53. The molecule has 0 amide bonds. The van der Waals surface area contributed by atoms with E-state index >= 15 is 0 Å². The Morgan fingerprint density at radius 2 is 1.52 bits per heavy atom. The number of likely N-dealkylation sites (N-methyl/N-ethyl adjacent to an activating group) is 1. The molecule has 0 bridgehead atoms. The standard InChI is InChI=1S/C47H79NO16/c1-14-35-32(23-58-46-44(57-13)43(56-12)39(53)29(7)60-46)19-24(2)15-16-33(50)25(3)20-31(17-18-49)41(26(4)34(51)21-36(52)62-35)64-45-40(54)38(48(10)11)42(30(8)61-45)63-37-22-47(9,55)27(5)28(6)59-37/h15-16,18-19,25-32,34-35,37-46,51,53-55H,14,17,20-23H2,1-13H3/b16-15+,24-19+/t25-,26+,27+,28?,29?,30?,31+,32-,34-,35-,37+,38?,39-,40?,41-,42-,43+,44?,45+,46-,47?/m1/s1. The van der Waals surface area contributed by atoms with Gasteiger partial charge in [-0.1, -0.05) is 45.4 Å². The van der Waals surface area contributed by atoms with Gasteiger partial charge >= 0.3 is 5.97 Å². The number of carbonyl (C=O) groups is 3. The van der Waals surface area contributed by atoms with Crippen LogP contribution in [-0.4, -0.2) is 176 Å². The van der Waals surface area contributed by atoms with Crippen molar-refractivity contribution in [3.8, 4) is 0 Å². The number of hydrogen-bond donors (Lipinski definition) is 4. The van der Waals surface area contributed by atoms with E-state index in [2.05, 4.69) is 0 Å². The minimum absolute atomic E-state index is 0.00212. The molecule has 0 spiro atoms. The molecule has 7 unspecified atom stereocenters. The van der Waals surface area contributed by atoms with Crippen LogP contribution in [0.1, 0.15) is 94.4 Å². The third-order valence-electron chi connectivity index (χ3n) is 14.0. The second-order valence-corrected chi connectivity index (χ2v) is 19.1. The summed E-state index contributed by atoms with van der Waals surface area (Å²) in [6, 6.07) is -0.686. The summed E-state index contributed by atoms with van der Waals surface area (Å²) in [4.78, 5) is 41.6. The number of allylic oxidation sites excluding steroid dienone is 3. The zero-order valence-electron chi connectivity index (χ0n) is 40.2. The van der Waals surface area contributed by atoms with Crippen LogP contribution in [0.5, 0.6) is 0 Å². The number of aliphatic hydroxyl groups is 4. The first-order valence-electron chi connectivity index (χ1n) is 23.0. The van der Waals surface area contributed by atoms with E-state index < -0.39 is 128 Å². The van der Waals surface area contributed by atoms with Gasteiger partial charge in [-0.05, 0) is 73.5 Å². The van der Waals surface area contributed by atoms with E-state index in [4.69, 9.17) is 42.6 Å². The molecular weight excluding hydrogens is 835 g/mol. The number of aliphatic hydroxyl groups excluding tert-OH is 3. The van der Waals surface area contributed by atoms with E-state index in [0.29, 0.717) is 12.0 Å². The molecule has 17 heteroatoms. The molecule has 64 heavy (non-hydrogen) atoms. The Bertz CT molecular complexity index is 1560. The van der Waals surface area contributed by atoms with Gasteiger partial charge in [-0.25, -0.2) is 0 Å². The third kappa shape index (κ3) is 13.5. The Hall–Kier alpha value is -2.23. The zero-order valence-corrected chi connectivity index (χ0v) is 40.2. The second kappa shape index (κ2) is 24.2. The molecule has 21 atom stereocenters. The minimum Gasteiger partial charge on any atom is -0.462 e. The molecule has 0 radical (unpaired) electrons. The van der Waals surface area contributed by atoms with Gasteiger partial charge in [-0.3, -0.25) is 9.59 Å². The van der Waals surface area contributed by atoms with Crippen LogP contribution >= 0.6 is 0 Å². The fourth-order valence-electron chi connectivity index (χ4n) is 9.62. The summed E-state index contributed by atoms with van der Waals surface area (Å²) in [5.74, 6) is -3.62. The number of nitrogens with zero attached hydrogens (tertiary/aromatic N) is 1. The van der Waals surface area contributed by atoms with Crippen LogP contribution in [0.4, 0.5) is 0 Å². The molecule has 3 saturated heterocycles. The molecule has 0 aromatic rings. The first kappa shape index (κ1) is 54.4. The maximum absolute atomic E-state index is 13.8. The topological polar surface area (TPSA) is 218 Å². The van der Waals surface area contributed by atoms with Crippen molar-refractivity contribution in [1.29, 1.82) is 0 Å². The smallest absolute Gasteiger partial charge is 0.308 e. The van der Waals surface area contributed by atoms with Gasteiger partial charge in [-0.15, -0.1) is 0 Å². The van der Waals surface area contributed by atoms with Crippen molar-refractivity contribution in [1.82, 2.24) is 4.90 Å². The maximum atomic E-state index is 13.8. The van der Waals surface area contributed by atoms with Crippen molar-refractivity contribution < 1.29 is 77.4 Å². The van der Waals surface area contributed by atoms with Crippen LogP contribution < -0.4 is 0 Å². The molecule has 4 heterocycles. The zero-order chi connectivity index (χ0) is 47.8. The molecule has 0 aromatic carbocycles. The molecule has 4 aliphatic rings. The van der Waals surface area contributed by atoms with Gasteiger partial charge in [0, 0.05) is 50.7 Å². The van der Waals surface area contributed by atoms with Crippen LogP contribution in [0.3, 0.4) is 0 Å². The molecule has 4 rings (SSSR count). The number of hydrogen-bond acceptors (Lipinski definition) is 17. The van der Waals surface area contributed by atoms with Crippen LogP contribution in [0.2, 0.25) is 0 Å². The van der Waals surface area contributed by atoms with E-state index in [1.54, 1.807) is 59.7 Å². The number of methoxy groups -OCH3 is 2. The number of carbonyl (C=O) groups excluding carboxylic acids is 3. The van der Waals surface area contributed by atoms with Crippen LogP contribution in [0, 0.1) is 29.6 Å². The van der Waals surface area contributed by atoms with Crippen molar-refractivity contribution in [3.05, 3.63) is 23.8 Å². The molecule has 4 aliphatic heterocycles. The van der Waals surface area contributed by atoms with Crippen molar-refractivity contribution >= 4 is 18.0 Å². The van der Waals surface area contributed by atoms with Gasteiger partial charge in [0.25, 0.3) is 0 Å². The van der Waals surface area contributed by atoms with Crippen molar-refractivity contribution in [2.24, 2.45) is 29.6 Å². The number of cyclic esters (lactones) is 1. The predicted octanol–water partition coefficient (Wildman–Crippen LogP) is 3.11. The lowest BCUT2D eigenvalue weighted by atomic mass is 9.79. The van der Waals surface area contributed by atoms with E-state index in [1.807, 2.05) is 33.8 Å². The Labute approximate surface area is 380 Å². The summed E-state index contributed by atoms with van der Waals surface area (Å²) >= 11 is 0. The Balaban J connectivity index is 1.62. The van der Waals surface area contributed by atoms with E-state index in [1.165, 1.54) is 20.3 Å². The summed E-state index contributed by atoms with van der Waals surface area (Å²) < 4.78 is 55.2. The third-order valence-corrected chi connectivity index (χ3v) is 14.0. The van der Waals surface area contributed by atoms with Crippen molar-refractivity contribution in [3.63, 3.8) is 0 Å². The highest BCUT2D eigenvalue weighted by molar-refractivity contribution is 5.91. The van der Waals surface area contributed by atoms with Gasteiger partial charge in [0.1, 0.15) is 42.9 Å². The highest BCUT2D eigenvalue weighted by Gasteiger charge is 2.51. The Morgan fingerprint density at radius 1 is 0.859 bits per heavy atom. The van der Waals surface area contributed by atoms with Gasteiger partial charge in [0.05, 0.1) is 55.2 Å². The predicted molar refractivity (Wildman–Crippen MR) is 233 cm³/mol. The monoisotopic (exact) mass is 914 g/mol. The molecule has 3 fully saturated rings. The average molecular weight is 914 g/mol. The first-order chi connectivity index (χ1) is 30.1. The fraction of sp³-hybridized carbons (Fsp3) is 0.851. The highest BCUT2D eigenvalue weighted by atomic mass is 16.7. The van der Waals surface area contributed by atoms with Gasteiger partial charge in [0.2, 0.25) is 0 Å². The van der Waals surface area contributed by atoms with Gasteiger partial charge < -0.3 is 72.8 Å². The lowest BCUT2D eigenvalue weighted by Gasteiger charge is -2.50. The quantitative estimate of drug-likeness (QED) is 0.154. The molecule has 4 N–H and O–H groups in total. The van der Waals surface area contributed by atoms with Crippen LogP contribution in [0.25, 0.3) is 0 Å². The minimum atomic E-state index is -1.34. The first-order valence-corrected chi connectivity index (χ1v) is 23.0. The Kier molecular flexibility index (Phi) is 20.5. The Morgan fingerprint density at radius 3 is 2.11 bits per heavy atom. The van der Waals surface area contributed by atoms with E-state index in [0.717, 1.165) is 6.29 Å². The number of esters is 1. The van der Waals surface area contributed by atoms with Crippen LogP contribution in [-0.2, 0) is 57.0 Å². The summed E-state index contributed by atoms with van der Waals surface area (Å²) in [6.45, 7) is 16.2. The van der Waals surface area contributed by atoms with Gasteiger partial charge in [-0.2, -0.15) is 0 Å². The summed E-state index contributed by atoms with van der Waals surface area (Å²) in [6.07, 6.45) is -6.05. The van der Waals surface area contributed by atoms with E-state index in [-0.39, 0.29) is 43.7 Å². The largest absolute Gasteiger partial charge is 0.462 e. The lowest BCUT2D eigenvalue weighted by molar-refractivity contribution is -0.338.